The van der Waals surface area contributed by atoms with E-state index in [1.807, 2.05) is 0 Å². The lowest BCUT2D eigenvalue weighted by atomic mass is 9.99. The summed E-state index contributed by atoms with van der Waals surface area (Å²) >= 11 is 0. The summed E-state index contributed by atoms with van der Waals surface area (Å²) in [5.74, 6) is -0.245. The van der Waals surface area contributed by atoms with Gasteiger partial charge in [-0.25, -0.2) is 0 Å². The number of hydrogen-bond donors (Lipinski definition) is 2. The van der Waals surface area contributed by atoms with Crippen molar-refractivity contribution < 1.29 is 9.90 Å². The molecule has 0 unspecified atom stereocenters. The lowest BCUT2D eigenvalue weighted by Gasteiger charge is -2.15. The van der Waals surface area contributed by atoms with Crippen molar-refractivity contribution >= 4 is 5.78 Å². The number of nitrogens with one attached hydrogen (secondary N) is 1. The molecule has 1 aromatic rings. The fourth-order valence-electron chi connectivity index (χ4n) is 1.05. The van der Waals surface area contributed by atoms with Crippen molar-refractivity contribution in [3.63, 3.8) is 0 Å². The summed E-state index contributed by atoms with van der Waals surface area (Å²) in [7, 11) is 0. The first-order chi connectivity index (χ1) is 5.96. The van der Waals surface area contributed by atoms with Crippen LogP contribution in [0.3, 0.4) is 0 Å². The minimum atomic E-state index is -1.09. The number of nitrogens with zero attached hydrogens (tertiary/aromatic N) is 1. The summed E-state index contributed by atoms with van der Waals surface area (Å²) in [5, 5.41) is 15.9. The third kappa shape index (κ3) is 1.84. The summed E-state index contributed by atoms with van der Waals surface area (Å²) in [5.41, 5.74) is -0.315. The molecule has 0 saturated heterocycles. The first-order valence-corrected chi connectivity index (χ1v) is 3.90. The molecule has 0 aliphatic rings. The Morgan fingerprint density at radius 1 is 1.77 bits per heavy atom. The highest BCUT2D eigenvalue weighted by molar-refractivity contribution is 6.04. The second-order valence-electron chi connectivity index (χ2n) is 3.29. The van der Waals surface area contributed by atoms with Crippen LogP contribution in [-0.4, -0.2) is 21.1 Å². The topological polar surface area (TPSA) is 66.0 Å². The molecule has 70 valence electrons. The SMILES string of the molecule is C=CC(=O)c1cn[nH]c1C(C)(C)O. The number of rotatable bonds is 3. The maximum atomic E-state index is 11.3. The zero-order valence-electron chi connectivity index (χ0n) is 7.66. The standard InChI is InChI=1S/C9H12N2O2/c1-4-7(12)6-5-10-11-8(6)9(2,3)13/h4-5,13H,1H2,2-3H3,(H,10,11). The quantitative estimate of drug-likeness (QED) is 0.538. The van der Waals surface area contributed by atoms with Crippen molar-refractivity contribution in [1.82, 2.24) is 10.2 Å². The normalized spacial score (nSPS) is 11.3. The fraction of sp³-hybridized carbons (Fsp3) is 0.333. The molecule has 0 bridgehead atoms. The van der Waals surface area contributed by atoms with Crippen LogP contribution in [0.2, 0.25) is 0 Å². The van der Waals surface area contributed by atoms with Gasteiger partial charge in [0.1, 0.15) is 5.60 Å². The minimum absolute atomic E-state index is 0.245. The molecule has 2 N–H and O–H groups in total. The van der Waals surface area contributed by atoms with Crippen LogP contribution in [0.4, 0.5) is 0 Å². The van der Waals surface area contributed by atoms with Crippen molar-refractivity contribution in [2.24, 2.45) is 0 Å². The number of aliphatic hydroxyl groups is 1. The Morgan fingerprint density at radius 2 is 2.38 bits per heavy atom. The minimum Gasteiger partial charge on any atom is -0.384 e. The van der Waals surface area contributed by atoms with Crippen LogP contribution >= 0.6 is 0 Å². The average Bonchev–Trinajstić information content (AvgIpc) is 2.49. The molecule has 0 aromatic carbocycles. The van der Waals surface area contributed by atoms with E-state index in [1.165, 1.54) is 12.3 Å². The number of H-pyrrole nitrogens is 1. The second kappa shape index (κ2) is 3.14. The van der Waals surface area contributed by atoms with Crippen LogP contribution in [0, 0.1) is 0 Å². The molecular formula is C9H12N2O2. The average molecular weight is 180 g/mol. The molecule has 4 heteroatoms. The van der Waals surface area contributed by atoms with Crippen LogP contribution in [0.1, 0.15) is 29.9 Å². The van der Waals surface area contributed by atoms with E-state index in [9.17, 15) is 9.90 Å². The number of carbonyl (C=O) groups is 1. The predicted molar refractivity (Wildman–Crippen MR) is 48.4 cm³/mol. The summed E-state index contributed by atoms with van der Waals surface area (Å²) in [6.07, 6.45) is 2.58. The number of aromatic amines is 1. The van der Waals surface area contributed by atoms with E-state index in [4.69, 9.17) is 0 Å². The molecule has 0 fully saturated rings. The van der Waals surface area contributed by atoms with Gasteiger partial charge in [0.25, 0.3) is 0 Å². The zero-order chi connectivity index (χ0) is 10.1. The molecule has 13 heavy (non-hydrogen) atoms. The van der Waals surface area contributed by atoms with Crippen molar-refractivity contribution in [2.75, 3.05) is 0 Å². The lowest BCUT2D eigenvalue weighted by molar-refractivity contribution is 0.0716. The van der Waals surface area contributed by atoms with Gasteiger partial charge >= 0.3 is 0 Å². The summed E-state index contributed by atoms with van der Waals surface area (Å²) < 4.78 is 0. The van der Waals surface area contributed by atoms with Gasteiger partial charge < -0.3 is 5.11 Å². The number of allylic oxidation sites excluding steroid dienone is 1. The van der Waals surface area contributed by atoms with Crippen molar-refractivity contribution in [2.45, 2.75) is 19.4 Å². The predicted octanol–water partition coefficient (Wildman–Crippen LogP) is 1.01. The van der Waals surface area contributed by atoms with E-state index < -0.39 is 5.60 Å². The number of carbonyl (C=O) groups excluding carboxylic acids is 1. The smallest absolute Gasteiger partial charge is 0.188 e. The molecule has 0 radical (unpaired) electrons. The number of hydrogen-bond acceptors (Lipinski definition) is 3. The van der Waals surface area contributed by atoms with Crippen LogP contribution < -0.4 is 0 Å². The maximum absolute atomic E-state index is 11.3. The molecule has 0 aliphatic carbocycles. The maximum Gasteiger partial charge on any atom is 0.188 e. The highest BCUT2D eigenvalue weighted by Crippen LogP contribution is 2.21. The molecular weight excluding hydrogens is 168 g/mol. The third-order valence-electron chi connectivity index (χ3n) is 1.70. The van der Waals surface area contributed by atoms with Gasteiger partial charge in [-0.1, -0.05) is 6.58 Å². The highest BCUT2D eigenvalue weighted by Gasteiger charge is 2.24. The van der Waals surface area contributed by atoms with Gasteiger partial charge in [0.15, 0.2) is 5.78 Å². The number of ketones is 1. The first-order valence-electron chi connectivity index (χ1n) is 3.90. The van der Waals surface area contributed by atoms with E-state index in [0.29, 0.717) is 11.3 Å². The van der Waals surface area contributed by atoms with Gasteiger partial charge in [-0.3, -0.25) is 9.89 Å². The van der Waals surface area contributed by atoms with Crippen LogP contribution in [0.5, 0.6) is 0 Å². The first kappa shape index (κ1) is 9.67. The van der Waals surface area contributed by atoms with Gasteiger partial charge in [-0.05, 0) is 19.9 Å². The molecule has 0 atom stereocenters. The van der Waals surface area contributed by atoms with E-state index >= 15 is 0 Å². The Hall–Kier alpha value is -1.42. The Kier molecular flexibility index (Phi) is 2.34. The number of aromatic nitrogens is 2. The van der Waals surface area contributed by atoms with Gasteiger partial charge in [0.05, 0.1) is 17.5 Å². The van der Waals surface area contributed by atoms with Gasteiger partial charge in [0, 0.05) is 0 Å². The Bertz CT molecular complexity index is 334. The summed E-state index contributed by atoms with van der Waals surface area (Å²) in [4.78, 5) is 11.3. The molecule has 0 aliphatic heterocycles. The Labute approximate surface area is 76.3 Å². The molecule has 1 heterocycles. The van der Waals surface area contributed by atoms with E-state index in [1.54, 1.807) is 13.8 Å². The van der Waals surface area contributed by atoms with Crippen molar-refractivity contribution in [3.8, 4) is 0 Å². The molecule has 4 nitrogen and oxygen atoms in total. The lowest BCUT2D eigenvalue weighted by Crippen LogP contribution is -2.19. The molecule has 0 amide bonds. The molecule has 0 spiro atoms. The van der Waals surface area contributed by atoms with E-state index in [0.717, 1.165) is 0 Å². The summed E-state index contributed by atoms with van der Waals surface area (Å²) in [6, 6.07) is 0. The second-order valence-corrected chi connectivity index (χ2v) is 3.29. The van der Waals surface area contributed by atoms with Gasteiger partial charge in [-0.2, -0.15) is 5.10 Å². The molecule has 1 aromatic heterocycles. The summed E-state index contributed by atoms with van der Waals surface area (Å²) in [6.45, 7) is 6.53. The molecule has 1 rings (SSSR count). The van der Waals surface area contributed by atoms with Crippen LogP contribution in [-0.2, 0) is 5.60 Å². The Morgan fingerprint density at radius 3 is 2.85 bits per heavy atom. The molecule has 0 saturated carbocycles. The largest absolute Gasteiger partial charge is 0.384 e. The van der Waals surface area contributed by atoms with E-state index in [2.05, 4.69) is 16.8 Å². The van der Waals surface area contributed by atoms with Gasteiger partial charge in [0.2, 0.25) is 0 Å². The fourth-order valence-corrected chi connectivity index (χ4v) is 1.05. The van der Waals surface area contributed by atoms with Crippen LogP contribution in [0.15, 0.2) is 18.9 Å². The van der Waals surface area contributed by atoms with Crippen LogP contribution in [0.25, 0.3) is 0 Å². The van der Waals surface area contributed by atoms with Crippen molar-refractivity contribution in [1.29, 1.82) is 0 Å². The third-order valence-corrected chi connectivity index (χ3v) is 1.70. The van der Waals surface area contributed by atoms with Crippen molar-refractivity contribution in [3.05, 3.63) is 30.1 Å². The highest BCUT2D eigenvalue weighted by atomic mass is 16.3. The monoisotopic (exact) mass is 180 g/mol. The van der Waals surface area contributed by atoms with Gasteiger partial charge in [-0.15, -0.1) is 0 Å². The van der Waals surface area contributed by atoms with E-state index in [-0.39, 0.29) is 5.78 Å². The Balaban J connectivity index is 3.17. The zero-order valence-corrected chi connectivity index (χ0v) is 7.66.